The first-order chi connectivity index (χ1) is 13.4. The van der Waals surface area contributed by atoms with Crippen molar-refractivity contribution in [3.8, 4) is 11.1 Å². The van der Waals surface area contributed by atoms with Crippen molar-refractivity contribution in [2.24, 2.45) is 20.5 Å². The Balaban J connectivity index is 2.12. The van der Waals surface area contributed by atoms with Crippen LogP contribution in [0.25, 0.3) is 21.6 Å². The highest BCUT2D eigenvalue weighted by molar-refractivity contribution is 7.89. The number of sulfonamides is 1. The second-order valence-electron chi connectivity index (χ2n) is 5.58. The molecule has 140 valence electrons. The highest BCUT2D eigenvalue weighted by atomic mass is 35.5. The van der Waals surface area contributed by atoms with Gasteiger partial charge in [0.1, 0.15) is 0 Å². The van der Waals surface area contributed by atoms with Crippen LogP contribution in [-0.2, 0) is 10.0 Å². The highest BCUT2D eigenvalue weighted by Crippen LogP contribution is 2.42. The fourth-order valence-corrected chi connectivity index (χ4v) is 3.36. The second kappa shape index (κ2) is 8.20. The lowest BCUT2D eigenvalue weighted by Crippen LogP contribution is -2.11. The lowest BCUT2D eigenvalue weighted by Gasteiger charge is -2.10. The van der Waals surface area contributed by atoms with Crippen molar-refractivity contribution in [1.29, 1.82) is 0 Å². The third-order valence-electron chi connectivity index (χ3n) is 3.75. The Morgan fingerprint density at radius 3 is 2.32 bits per heavy atom. The molecule has 0 unspecified atom stereocenters. The van der Waals surface area contributed by atoms with Gasteiger partial charge in [0.15, 0.2) is 0 Å². The van der Waals surface area contributed by atoms with Crippen molar-refractivity contribution in [3.63, 3.8) is 0 Å². The summed E-state index contributed by atoms with van der Waals surface area (Å²) in [5.74, 6) is 0. The Morgan fingerprint density at radius 2 is 1.68 bits per heavy atom. The smallest absolute Gasteiger partial charge is 0.225 e. The number of nitrogens with two attached hydrogens (primary N) is 1. The average Bonchev–Trinajstić information content (AvgIpc) is 2.67. The van der Waals surface area contributed by atoms with Gasteiger partial charge in [0, 0.05) is 15.5 Å². The maximum atomic E-state index is 11.5. The molecule has 0 fully saturated rings. The molecular weight excluding hydrogens is 400 g/mol. The van der Waals surface area contributed by atoms with Gasteiger partial charge >= 0.3 is 0 Å². The molecule has 0 heterocycles. The summed E-state index contributed by atoms with van der Waals surface area (Å²) < 4.78 is 23.0. The zero-order valence-corrected chi connectivity index (χ0v) is 15.8. The Labute approximate surface area is 166 Å². The highest BCUT2D eigenvalue weighted by Gasteiger charge is 2.15. The molecule has 3 aromatic carbocycles. The van der Waals surface area contributed by atoms with Crippen LogP contribution in [0.1, 0.15) is 0 Å². The predicted octanol–water partition coefficient (Wildman–Crippen LogP) is 6.01. The molecule has 3 aromatic rings. The first-order valence-electron chi connectivity index (χ1n) is 7.88. The monoisotopic (exact) mass is 412 g/mol. The number of halogens is 1. The molecule has 0 saturated heterocycles. The van der Waals surface area contributed by atoms with Gasteiger partial charge in [-0.3, -0.25) is 0 Å². The Bertz CT molecular complexity index is 1210. The van der Waals surface area contributed by atoms with E-state index in [9.17, 15) is 8.42 Å². The van der Waals surface area contributed by atoms with E-state index in [1.54, 1.807) is 30.3 Å². The van der Waals surface area contributed by atoms with Crippen LogP contribution < -0.4 is 5.14 Å². The van der Waals surface area contributed by atoms with E-state index in [1.165, 1.54) is 18.2 Å². The number of azo groups is 1. The Morgan fingerprint density at radius 1 is 0.929 bits per heavy atom. The quantitative estimate of drug-likeness (QED) is 0.312. The Kier molecular flexibility index (Phi) is 5.72. The van der Waals surface area contributed by atoms with Crippen molar-refractivity contribution in [1.82, 2.24) is 0 Å². The molecule has 0 aliphatic carbocycles. The molecule has 0 amide bonds. The normalized spacial score (nSPS) is 11.4. The van der Waals surface area contributed by atoms with Gasteiger partial charge in [0.2, 0.25) is 10.0 Å². The average molecular weight is 413 g/mol. The fourth-order valence-electron chi connectivity index (χ4n) is 2.48. The molecule has 28 heavy (non-hydrogen) atoms. The van der Waals surface area contributed by atoms with Gasteiger partial charge < -0.3 is 0 Å². The minimum atomic E-state index is -3.89. The Hall–Kier alpha value is -3.23. The largest absolute Gasteiger partial charge is 0.238 e. The summed E-state index contributed by atoms with van der Waals surface area (Å²) in [6.07, 6.45) is 0. The molecule has 0 spiro atoms. The van der Waals surface area contributed by atoms with Crippen LogP contribution in [0, 0.1) is 0 Å². The zero-order valence-electron chi connectivity index (χ0n) is 14.3. The van der Waals surface area contributed by atoms with Gasteiger partial charge in [-0.2, -0.15) is 10.2 Å². The van der Waals surface area contributed by atoms with Gasteiger partial charge in [-0.25, -0.2) is 13.6 Å². The van der Waals surface area contributed by atoms with Gasteiger partial charge in [0.25, 0.3) is 0 Å². The summed E-state index contributed by atoms with van der Waals surface area (Å²) >= 11 is 6.26. The molecule has 0 bridgehead atoms. The van der Waals surface area contributed by atoms with E-state index in [0.29, 0.717) is 22.5 Å². The molecule has 0 aliphatic rings. The second-order valence-corrected chi connectivity index (χ2v) is 7.55. The lowest BCUT2D eigenvalue weighted by molar-refractivity contribution is 0.598. The number of azide groups is 1. The van der Waals surface area contributed by atoms with Gasteiger partial charge in [-0.1, -0.05) is 53.1 Å². The molecular formula is C18H13ClN6O2S. The number of hydrogen-bond donors (Lipinski definition) is 1. The van der Waals surface area contributed by atoms with Crippen LogP contribution in [0.15, 0.2) is 87.0 Å². The summed E-state index contributed by atoms with van der Waals surface area (Å²) in [6.45, 7) is 0. The molecule has 2 N–H and O–H groups in total. The number of hydrogen-bond acceptors (Lipinski definition) is 5. The third kappa shape index (κ3) is 4.36. The van der Waals surface area contributed by atoms with Crippen molar-refractivity contribution in [3.05, 3.63) is 82.2 Å². The van der Waals surface area contributed by atoms with Gasteiger partial charge in [-0.05, 0) is 41.4 Å². The number of rotatable bonds is 5. The number of nitrogens with zero attached hydrogens (tertiary/aromatic N) is 5. The SMILES string of the molecule is [N-]=[N+]=Nc1c(N=Nc2ccccc2)cccc1-c1ccc(S(N)(=O)=O)cc1Cl. The van der Waals surface area contributed by atoms with E-state index < -0.39 is 10.0 Å². The molecule has 0 radical (unpaired) electrons. The van der Waals surface area contributed by atoms with Crippen molar-refractivity contribution in [2.75, 3.05) is 0 Å². The van der Waals surface area contributed by atoms with E-state index in [1.807, 2.05) is 18.2 Å². The van der Waals surface area contributed by atoms with Crippen molar-refractivity contribution >= 4 is 38.7 Å². The van der Waals surface area contributed by atoms with E-state index in [0.717, 1.165) is 0 Å². The van der Waals surface area contributed by atoms with Crippen LogP contribution in [0.5, 0.6) is 0 Å². The van der Waals surface area contributed by atoms with E-state index in [-0.39, 0.29) is 15.6 Å². The van der Waals surface area contributed by atoms with Crippen molar-refractivity contribution in [2.45, 2.75) is 4.90 Å². The molecule has 0 aliphatic heterocycles. The first kappa shape index (κ1) is 19.5. The van der Waals surface area contributed by atoms with Crippen LogP contribution in [-0.4, -0.2) is 8.42 Å². The van der Waals surface area contributed by atoms with Gasteiger partial charge in [-0.15, -0.1) is 0 Å². The summed E-state index contributed by atoms with van der Waals surface area (Å²) in [5.41, 5.74) is 11.1. The topological polar surface area (TPSA) is 134 Å². The van der Waals surface area contributed by atoms with E-state index in [4.69, 9.17) is 22.3 Å². The van der Waals surface area contributed by atoms with Crippen LogP contribution >= 0.6 is 11.6 Å². The molecule has 10 heteroatoms. The summed E-state index contributed by atoms with van der Waals surface area (Å²) in [7, 11) is -3.89. The minimum absolute atomic E-state index is 0.119. The van der Waals surface area contributed by atoms with Crippen LogP contribution in [0.4, 0.5) is 17.1 Å². The summed E-state index contributed by atoms with van der Waals surface area (Å²) in [5, 5.41) is 17.3. The van der Waals surface area contributed by atoms with E-state index >= 15 is 0 Å². The molecule has 0 aromatic heterocycles. The maximum absolute atomic E-state index is 11.5. The molecule has 0 saturated carbocycles. The first-order valence-corrected chi connectivity index (χ1v) is 9.80. The standard InChI is InChI=1S/C18H13ClN6O2S/c19-16-11-13(28(21,26)27)9-10-14(16)15-7-4-8-17(18(15)24-25-20)23-22-12-5-2-1-3-6-12/h1-11H,(H2,21,26,27). The zero-order chi connectivity index (χ0) is 20.1. The lowest BCUT2D eigenvalue weighted by atomic mass is 10.0. The predicted molar refractivity (Wildman–Crippen MR) is 108 cm³/mol. The summed E-state index contributed by atoms with van der Waals surface area (Å²) in [4.78, 5) is 2.74. The third-order valence-corrected chi connectivity index (χ3v) is 4.97. The number of primary sulfonamides is 1. The van der Waals surface area contributed by atoms with Crippen LogP contribution in [0.3, 0.4) is 0 Å². The number of benzene rings is 3. The van der Waals surface area contributed by atoms with E-state index in [2.05, 4.69) is 20.3 Å². The van der Waals surface area contributed by atoms with Crippen molar-refractivity contribution < 1.29 is 8.42 Å². The maximum Gasteiger partial charge on any atom is 0.238 e. The molecule has 3 rings (SSSR count). The minimum Gasteiger partial charge on any atom is -0.225 e. The molecule has 0 atom stereocenters. The fraction of sp³-hybridized carbons (Fsp3) is 0. The summed E-state index contributed by atoms with van der Waals surface area (Å²) in [6, 6.07) is 18.2. The van der Waals surface area contributed by atoms with Crippen LogP contribution in [0.2, 0.25) is 5.02 Å². The van der Waals surface area contributed by atoms with Gasteiger partial charge in [0.05, 0.1) is 22.0 Å². The molecule has 8 nitrogen and oxygen atoms in total.